The van der Waals surface area contributed by atoms with E-state index < -0.39 is 137 Å². The highest BCUT2D eigenvalue weighted by molar-refractivity contribution is 8.23. The third-order valence-electron chi connectivity index (χ3n) is 13.5. The SMILES string of the molecule is CO[Si](C)(C)CCCOC(=O)C(CC(CC(CC(SC(C)=S)C(=O)OCCC[Si](C)(OC)OC)C(=O)OCCCSC)C(=O)OCCCSC)CC(CC(C)(CC(C)(C)C#N)C(=O)OCCC(F)(F)C(C)(F)F)C(=O)OCCCSC. The molecule has 470 valence electrons. The molecule has 0 radical (unpaired) electrons. The maximum atomic E-state index is 14.8. The number of halogens is 4. The number of nitriles is 1. The molecule has 0 bridgehead atoms. The van der Waals surface area contributed by atoms with Gasteiger partial charge in [-0.1, -0.05) is 12.2 Å². The number of carbonyl (C=O) groups excluding carboxylic acids is 6. The van der Waals surface area contributed by atoms with Crippen LogP contribution in [0.15, 0.2) is 0 Å². The number of rotatable bonds is 46. The van der Waals surface area contributed by atoms with Crippen LogP contribution < -0.4 is 0 Å². The third-order valence-corrected chi connectivity index (χ3v) is 22.6. The summed E-state index contributed by atoms with van der Waals surface area (Å²) in [6, 6.07) is 3.22. The van der Waals surface area contributed by atoms with Gasteiger partial charge in [-0.05, 0) is 166 Å². The molecular formula is C54H93F4NO15S5Si2. The van der Waals surface area contributed by atoms with E-state index in [1.54, 1.807) is 40.0 Å². The Kier molecular flexibility index (Phi) is 39.2. The number of thioether (sulfide) groups is 4. The molecule has 0 aliphatic rings. The lowest BCUT2D eigenvalue weighted by Gasteiger charge is -2.35. The van der Waals surface area contributed by atoms with Crippen LogP contribution >= 0.6 is 59.3 Å². The number of thiocarbonyl (C=S) groups is 1. The van der Waals surface area contributed by atoms with Crippen LogP contribution in [0, 0.1) is 45.8 Å². The van der Waals surface area contributed by atoms with E-state index >= 15 is 0 Å². The molecule has 81 heavy (non-hydrogen) atoms. The van der Waals surface area contributed by atoms with Gasteiger partial charge in [0.15, 0.2) is 8.32 Å². The van der Waals surface area contributed by atoms with Crippen LogP contribution in [0.1, 0.15) is 112 Å². The molecule has 0 spiro atoms. The van der Waals surface area contributed by atoms with Gasteiger partial charge in [0.25, 0.3) is 0 Å². The number of nitrogens with zero attached hydrogens (tertiary/aromatic N) is 1. The van der Waals surface area contributed by atoms with Gasteiger partial charge >= 0.3 is 56.2 Å². The Morgan fingerprint density at radius 2 is 0.963 bits per heavy atom. The Bertz CT molecular complexity index is 1970. The third kappa shape index (κ3) is 32.8. The van der Waals surface area contributed by atoms with E-state index in [2.05, 4.69) is 6.07 Å². The average molecular weight is 1290 g/mol. The second-order valence-corrected chi connectivity index (χ2v) is 35.1. The van der Waals surface area contributed by atoms with Crippen LogP contribution in [0.2, 0.25) is 31.7 Å². The van der Waals surface area contributed by atoms with Crippen molar-refractivity contribution in [2.24, 2.45) is 34.5 Å². The lowest BCUT2D eigenvalue weighted by atomic mass is 9.68. The van der Waals surface area contributed by atoms with Crippen molar-refractivity contribution in [1.82, 2.24) is 0 Å². The fourth-order valence-corrected chi connectivity index (χ4v) is 13.6. The summed E-state index contributed by atoms with van der Waals surface area (Å²) in [5.74, 6) is -17.4. The van der Waals surface area contributed by atoms with E-state index in [4.69, 9.17) is 53.9 Å². The molecule has 0 aromatic carbocycles. The summed E-state index contributed by atoms with van der Waals surface area (Å²) in [7, 11) is 0.0665. The van der Waals surface area contributed by atoms with Gasteiger partial charge in [0.05, 0.1) is 86.6 Å². The molecule has 0 saturated heterocycles. The van der Waals surface area contributed by atoms with Crippen LogP contribution in [0.25, 0.3) is 0 Å². The van der Waals surface area contributed by atoms with Crippen LogP contribution in [-0.2, 0) is 70.5 Å². The molecule has 0 aromatic heterocycles. The topological polar surface area (TPSA) is 209 Å². The predicted molar refractivity (Wildman–Crippen MR) is 323 cm³/mol. The summed E-state index contributed by atoms with van der Waals surface area (Å²) in [6.45, 7) is 10.6. The van der Waals surface area contributed by atoms with Crippen molar-refractivity contribution in [3.05, 3.63) is 0 Å². The summed E-state index contributed by atoms with van der Waals surface area (Å²) in [5.41, 5.74) is -3.18. The van der Waals surface area contributed by atoms with Crippen molar-refractivity contribution in [3.63, 3.8) is 0 Å². The molecule has 16 nitrogen and oxygen atoms in total. The Morgan fingerprint density at radius 3 is 1.36 bits per heavy atom. The first-order valence-corrected chi connectivity index (χ1v) is 38.3. The van der Waals surface area contributed by atoms with E-state index in [-0.39, 0.29) is 59.2 Å². The fraction of sp³-hybridized carbons (Fsp3) is 0.852. The quantitative estimate of drug-likeness (QED) is 0.0139. The van der Waals surface area contributed by atoms with Crippen molar-refractivity contribution in [2.45, 2.75) is 160 Å². The van der Waals surface area contributed by atoms with Crippen molar-refractivity contribution in [3.8, 4) is 6.07 Å². The zero-order valence-corrected chi connectivity index (χ0v) is 56.4. The summed E-state index contributed by atoms with van der Waals surface area (Å²) in [4.78, 5) is 86.5. The molecule has 0 aliphatic heterocycles. The number of ether oxygens (including phenoxy) is 6. The molecule has 0 aliphatic carbocycles. The normalized spacial score (nSPS) is 15.0. The molecule has 0 rings (SSSR count). The van der Waals surface area contributed by atoms with E-state index in [1.165, 1.54) is 44.3 Å². The standard InChI is InChI=1S/C54H93F4NO15S5Si2/c1-39(75)79-44(49(64)73-25-19-31-81(14,67-7)68-8)35-42(47(62)70-22-16-28-77-10)33-40(45(60)69-21-15-27-76-9)32-41(46(61)72-24-18-30-80(12,13)66-6)34-43(48(63)71-23-17-29-78-11)36-52(4,37-51(2,3)38-59)50(65)74-26-20-54(57,58)53(5,55)56/h40-44H,15-37H2,1-14H3. The van der Waals surface area contributed by atoms with Crippen LogP contribution in [0.5, 0.6) is 0 Å². The second kappa shape index (κ2) is 40.3. The van der Waals surface area contributed by atoms with Crippen molar-refractivity contribution in [2.75, 3.05) is 97.0 Å². The number of alkyl halides is 4. The minimum absolute atomic E-state index is 0.00503. The van der Waals surface area contributed by atoms with Gasteiger partial charge in [0, 0.05) is 32.4 Å². The molecule has 27 heteroatoms. The Morgan fingerprint density at radius 1 is 0.568 bits per heavy atom. The highest BCUT2D eigenvalue weighted by Gasteiger charge is 2.52. The van der Waals surface area contributed by atoms with Crippen molar-refractivity contribution >= 4 is 116 Å². The molecule has 0 saturated carbocycles. The summed E-state index contributed by atoms with van der Waals surface area (Å²) in [5, 5.41) is 9.14. The Labute approximate surface area is 504 Å². The zero-order chi connectivity index (χ0) is 62.1. The molecule has 0 fully saturated rings. The first kappa shape index (κ1) is 78.8. The lowest BCUT2D eigenvalue weighted by Crippen LogP contribution is -2.41. The lowest BCUT2D eigenvalue weighted by molar-refractivity contribution is -0.207. The first-order valence-electron chi connectivity index (χ1n) is 27.2. The largest absolute Gasteiger partial charge is 0.465 e. The Hall–Kier alpha value is -2.17. The van der Waals surface area contributed by atoms with E-state index in [0.29, 0.717) is 65.6 Å². The van der Waals surface area contributed by atoms with Crippen molar-refractivity contribution < 1.29 is 88.0 Å². The molecule has 0 heterocycles. The van der Waals surface area contributed by atoms with Gasteiger partial charge in [-0.25, -0.2) is 8.78 Å². The summed E-state index contributed by atoms with van der Waals surface area (Å²) >= 11 is 11.0. The van der Waals surface area contributed by atoms with Crippen LogP contribution in [0.3, 0.4) is 0 Å². The maximum absolute atomic E-state index is 14.8. The van der Waals surface area contributed by atoms with Crippen molar-refractivity contribution in [1.29, 1.82) is 5.26 Å². The number of hydrogen-bond donors (Lipinski definition) is 0. The average Bonchev–Trinajstić information content (AvgIpc) is 3.40. The van der Waals surface area contributed by atoms with Gasteiger partial charge in [0.2, 0.25) is 0 Å². The summed E-state index contributed by atoms with van der Waals surface area (Å²) < 4.78 is 108. The van der Waals surface area contributed by atoms with E-state index in [9.17, 15) is 51.6 Å². The van der Waals surface area contributed by atoms with Gasteiger partial charge in [-0.15, -0.1) is 11.8 Å². The van der Waals surface area contributed by atoms with Gasteiger partial charge in [-0.3, -0.25) is 28.8 Å². The van der Waals surface area contributed by atoms with Gasteiger partial charge in [0.1, 0.15) is 5.25 Å². The molecule has 6 atom stereocenters. The second-order valence-electron chi connectivity index (χ2n) is 21.8. The highest BCUT2D eigenvalue weighted by Crippen LogP contribution is 2.43. The maximum Gasteiger partial charge on any atom is 0.334 e. The Balaban J connectivity index is 8.06. The number of hydrogen-bond acceptors (Lipinski definition) is 21. The smallest absolute Gasteiger partial charge is 0.334 e. The molecular weight excluding hydrogens is 1200 g/mol. The van der Waals surface area contributed by atoms with E-state index in [1.807, 2.05) is 38.4 Å². The van der Waals surface area contributed by atoms with Gasteiger partial charge in [-0.2, -0.15) is 49.3 Å². The number of carbonyl (C=O) groups is 6. The number of esters is 6. The van der Waals surface area contributed by atoms with E-state index in [0.717, 1.165) is 11.8 Å². The highest BCUT2D eigenvalue weighted by atomic mass is 32.2. The molecule has 6 unspecified atom stereocenters. The molecule has 0 amide bonds. The first-order chi connectivity index (χ1) is 37.7. The zero-order valence-electron chi connectivity index (χ0n) is 50.3. The molecule has 0 aromatic rings. The van der Waals surface area contributed by atoms with Crippen LogP contribution in [-0.4, -0.2) is 171 Å². The minimum Gasteiger partial charge on any atom is -0.465 e. The predicted octanol–water partition coefficient (Wildman–Crippen LogP) is 12.0. The fourth-order valence-electron chi connectivity index (χ4n) is 8.58. The minimum atomic E-state index is -4.55. The van der Waals surface area contributed by atoms with Gasteiger partial charge < -0.3 is 41.7 Å². The monoisotopic (exact) mass is 1290 g/mol. The van der Waals surface area contributed by atoms with Crippen LogP contribution in [0.4, 0.5) is 17.6 Å². The summed E-state index contributed by atoms with van der Waals surface area (Å²) in [6.07, 6.45) is 4.09. The molecule has 0 N–H and O–H groups in total.